The van der Waals surface area contributed by atoms with Gasteiger partial charge in [-0.15, -0.1) is 0 Å². The summed E-state index contributed by atoms with van der Waals surface area (Å²) in [5.74, 6) is 1.28. The molecule has 1 aromatic heterocycles. The average Bonchev–Trinajstić information content (AvgIpc) is 2.44. The predicted molar refractivity (Wildman–Crippen MR) is 78.7 cm³/mol. The molecular weight excluding hydrogens is 240 g/mol. The molecule has 0 aliphatic carbocycles. The first-order chi connectivity index (χ1) is 9.30. The Hall–Kier alpha value is -1.36. The van der Waals surface area contributed by atoms with Crippen molar-refractivity contribution < 1.29 is 4.74 Å². The van der Waals surface area contributed by atoms with Gasteiger partial charge in [0, 0.05) is 25.4 Å². The van der Waals surface area contributed by atoms with Crippen molar-refractivity contribution in [1.29, 1.82) is 0 Å². The SMILES string of the molecule is CCCOc1ccnc(NCCN(CC)CCC)n1. The summed E-state index contributed by atoms with van der Waals surface area (Å²) in [4.78, 5) is 10.9. The van der Waals surface area contributed by atoms with Crippen LogP contribution in [0.1, 0.15) is 33.6 Å². The number of rotatable bonds is 10. The van der Waals surface area contributed by atoms with Crippen molar-refractivity contribution in [3.63, 3.8) is 0 Å². The van der Waals surface area contributed by atoms with Gasteiger partial charge in [-0.05, 0) is 25.9 Å². The van der Waals surface area contributed by atoms with Gasteiger partial charge in [0.1, 0.15) is 0 Å². The van der Waals surface area contributed by atoms with Crippen LogP contribution >= 0.6 is 0 Å². The van der Waals surface area contributed by atoms with Crippen molar-refractivity contribution in [1.82, 2.24) is 14.9 Å². The normalized spacial score (nSPS) is 10.7. The molecule has 0 fully saturated rings. The molecule has 5 heteroatoms. The maximum absolute atomic E-state index is 5.48. The average molecular weight is 266 g/mol. The first-order valence-corrected chi connectivity index (χ1v) is 7.22. The summed E-state index contributed by atoms with van der Waals surface area (Å²) in [7, 11) is 0. The van der Waals surface area contributed by atoms with Crippen molar-refractivity contribution in [3.8, 4) is 5.88 Å². The number of anilines is 1. The molecule has 0 aromatic carbocycles. The van der Waals surface area contributed by atoms with Crippen LogP contribution in [0, 0.1) is 0 Å². The third kappa shape index (κ3) is 6.38. The lowest BCUT2D eigenvalue weighted by Gasteiger charge is -2.19. The fourth-order valence-corrected chi connectivity index (χ4v) is 1.78. The standard InChI is InChI=1S/C14H26N4O/c1-4-10-18(6-3)11-9-16-14-15-8-7-13(17-14)19-12-5-2/h7-8H,4-6,9-12H2,1-3H3,(H,15,16,17). The summed E-state index contributed by atoms with van der Waals surface area (Å²) in [5.41, 5.74) is 0. The monoisotopic (exact) mass is 266 g/mol. The van der Waals surface area contributed by atoms with Crippen molar-refractivity contribution >= 4 is 5.95 Å². The maximum Gasteiger partial charge on any atom is 0.225 e. The van der Waals surface area contributed by atoms with Crippen LogP contribution in [0.4, 0.5) is 5.95 Å². The zero-order valence-electron chi connectivity index (χ0n) is 12.4. The predicted octanol–water partition coefficient (Wildman–Crippen LogP) is 2.41. The van der Waals surface area contributed by atoms with Gasteiger partial charge in [-0.3, -0.25) is 0 Å². The Bertz CT molecular complexity index is 346. The fraction of sp³-hybridized carbons (Fsp3) is 0.714. The van der Waals surface area contributed by atoms with E-state index in [2.05, 4.69) is 41.0 Å². The molecule has 108 valence electrons. The molecule has 0 bridgehead atoms. The van der Waals surface area contributed by atoms with Gasteiger partial charge in [-0.1, -0.05) is 20.8 Å². The lowest BCUT2D eigenvalue weighted by Crippen LogP contribution is -2.29. The molecule has 0 saturated carbocycles. The van der Waals surface area contributed by atoms with Crippen LogP contribution in [0.3, 0.4) is 0 Å². The fourth-order valence-electron chi connectivity index (χ4n) is 1.78. The maximum atomic E-state index is 5.48. The van der Waals surface area contributed by atoms with Crippen LogP contribution in [-0.4, -0.2) is 47.7 Å². The van der Waals surface area contributed by atoms with E-state index in [1.807, 2.05) is 0 Å². The summed E-state index contributed by atoms with van der Waals surface area (Å²) < 4.78 is 5.48. The van der Waals surface area contributed by atoms with E-state index in [1.54, 1.807) is 12.3 Å². The zero-order valence-corrected chi connectivity index (χ0v) is 12.4. The van der Waals surface area contributed by atoms with Crippen LogP contribution in [0.15, 0.2) is 12.3 Å². The van der Waals surface area contributed by atoms with E-state index in [-0.39, 0.29) is 0 Å². The molecule has 1 rings (SSSR count). The molecule has 1 N–H and O–H groups in total. The van der Waals surface area contributed by atoms with Crippen LogP contribution in [0.2, 0.25) is 0 Å². The number of ether oxygens (including phenoxy) is 1. The minimum Gasteiger partial charge on any atom is -0.478 e. The van der Waals surface area contributed by atoms with E-state index in [9.17, 15) is 0 Å². The van der Waals surface area contributed by atoms with Gasteiger partial charge in [0.2, 0.25) is 11.8 Å². The highest BCUT2D eigenvalue weighted by Crippen LogP contribution is 2.08. The molecule has 0 atom stereocenters. The van der Waals surface area contributed by atoms with E-state index in [0.717, 1.165) is 32.6 Å². The Morgan fingerprint density at radius 2 is 2.05 bits per heavy atom. The van der Waals surface area contributed by atoms with Gasteiger partial charge >= 0.3 is 0 Å². The van der Waals surface area contributed by atoms with E-state index in [4.69, 9.17) is 4.74 Å². The lowest BCUT2D eigenvalue weighted by atomic mass is 10.4. The molecule has 19 heavy (non-hydrogen) atoms. The Kier molecular flexibility index (Phi) is 7.89. The second kappa shape index (κ2) is 9.55. The minimum absolute atomic E-state index is 0.639. The topological polar surface area (TPSA) is 50.3 Å². The molecule has 1 aromatic rings. The smallest absolute Gasteiger partial charge is 0.225 e. The minimum atomic E-state index is 0.639. The third-order valence-corrected chi connectivity index (χ3v) is 2.78. The molecule has 0 radical (unpaired) electrons. The van der Waals surface area contributed by atoms with Crippen LogP contribution in [0.25, 0.3) is 0 Å². The van der Waals surface area contributed by atoms with Gasteiger partial charge in [0.05, 0.1) is 6.61 Å². The number of hydrogen-bond acceptors (Lipinski definition) is 5. The molecule has 0 amide bonds. The Balaban J connectivity index is 2.35. The number of nitrogens with one attached hydrogen (secondary N) is 1. The highest BCUT2D eigenvalue weighted by molar-refractivity contribution is 5.27. The van der Waals surface area contributed by atoms with Gasteiger partial charge in [-0.25, -0.2) is 4.98 Å². The van der Waals surface area contributed by atoms with E-state index < -0.39 is 0 Å². The van der Waals surface area contributed by atoms with Crippen LogP contribution in [0.5, 0.6) is 5.88 Å². The third-order valence-electron chi connectivity index (χ3n) is 2.78. The molecule has 5 nitrogen and oxygen atoms in total. The quantitative estimate of drug-likeness (QED) is 0.705. The molecule has 0 unspecified atom stereocenters. The molecule has 0 aliphatic rings. The zero-order chi connectivity index (χ0) is 13.9. The summed E-state index contributed by atoms with van der Waals surface area (Å²) in [5, 5.41) is 3.24. The first kappa shape index (κ1) is 15.7. The number of likely N-dealkylation sites (N-methyl/N-ethyl adjacent to an activating group) is 1. The molecule has 0 aliphatic heterocycles. The van der Waals surface area contributed by atoms with Crippen molar-refractivity contribution in [2.75, 3.05) is 38.1 Å². The van der Waals surface area contributed by atoms with Crippen LogP contribution < -0.4 is 10.1 Å². The van der Waals surface area contributed by atoms with E-state index >= 15 is 0 Å². The van der Waals surface area contributed by atoms with Crippen molar-refractivity contribution in [2.45, 2.75) is 33.6 Å². The van der Waals surface area contributed by atoms with Crippen molar-refractivity contribution in [2.24, 2.45) is 0 Å². The Morgan fingerprint density at radius 1 is 1.21 bits per heavy atom. The van der Waals surface area contributed by atoms with Crippen molar-refractivity contribution in [3.05, 3.63) is 12.3 Å². The Labute approximate surface area is 116 Å². The summed E-state index contributed by atoms with van der Waals surface area (Å²) in [6.07, 6.45) is 3.89. The molecular formula is C14H26N4O. The lowest BCUT2D eigenvalue weighted by molar-refractivity contribution is 0.299. The van der Waals surface area contributed by atoms with Gasteiger partial charge in [0.15, 0.2) is 0 Å². The summed E-state index contributed by atoms with van der Waals surface area (Å²) in [6.45, 7) is 11.2. The van der Waals surface area contributed by atoms with Gasteiger partial charge in [-0.2, -0.15) is 4.98 Å². The van der Waals surface area contributed by atoms with Crippen LogP contribution in [-0.2, 0) is 0 Å². The highest BCUT2D eigenvalue weighted by Gasteiger charge is 2.02. The first-order valence-electron chi connectivity index (χ1n) is 7.22. The summed E-state index contributed by atoms with van der Waals surface area (Å²) in [6, 6.07) is 1.79. The number of hydrogen-bond donors (Lipinski definition) is 1. The van der Waals surface area contributed by atoms with E-state index in [1.165, 1.54) is 6.42 Å². The largest absolute Gasteiger partial charge is 0.478 e. The molecule has 1 heterocycles. The highest BCUT2D eigenvalue weighted by atomic mass is 16.5. The van der Waals surface area contributed by atoms with Gasteiger partial charge < -0.3 is 15.0 Å². The second-order valence-corrected chi connectivity index (χ2v) is 4.43. The Morgan fingerprint density at radius 3 is 2.74 bits per heavy atom. The molecule has 0 saturated heterocycles. The summed E-state index contributed by atoms with van der Waals surface area (Å²) >= 11 is 0. The van der Waals surface area contributed by atoms with Gasteiger partial charge in [0.25, 0.3) is 0 Å². The van der Waals surface area contributed by atoms with E-state index in [0.29, 0.717) is 18.4 Å². The number of aromatic nitrogens is 2. The number of nitrogens with zero attached hydrogens (tertiary/aromatic N) is 3. The second-order valence-electron chi connectivity index (χ2n) is 4.43. The molecule has 0 spiro atoms.